The first-order valence-electron chi connectivity index (χ1n) is 5.22. The summed E-state index contributed by atoms with van der Waals surface area (Å²) < 4.78 is 40.1. The van der Waals surface area contributed by atoms with Gasteiger partial charge in [-0.1, -0.05) is 30.3 Å². The van der Waals surface area contributed by atoms with Gasteiger partial charge in [0.15, 0.2) is 5.96 Å². The van der Waals surface area contributed by atoms with Crippen molar-refractivity contribution < 1.29 is 13.2 Å². The molecule has 1 aliphatic rings. The lowest BCUT2D eigenvalue weighted by atomic mass is 10.1. The van der Waals surface area contributed by atoms with Crippen LogP contribution in [0.2, 0.25) is 0 Å². The Bertz CT molecular complexity index is 408. The smallest absolute Gasteiger partial charge is 0.294 e. The SMILES string of the molecule is FC(F)C(F)(NC1=NCCN1)c1ccccc1. The summed E-state index contributed by atoms with van der Waals surface area (Å²) in [4.78, 5) is 3.85. The first kappa shape index (κ1) is 11.8. The van der Waals surface area contributed by atoms with Gasteiger partial charge >= 0.3 is 0 Å². The van der Waals surface area contributed by atoms with Crippen molar-refractivity contribution in [3.63, 3.8) is 0 Å². The number of halogens is 3. The van der Waals surface area contributed by atoms with E-state index in [2.05, 4.69) is 15.6 Å². The molecule has 0 amide bonds. The number of guanidine groups is 1. The summed E-state index contributed by atoms with van der Waals surface area (Å²) in [7, 11) is 0. The van der Waals surface area contributed by atoms with Gasteiger partial charge in [-0.2, -0.15) is 0 Å². The van der Waals surface area contributed by atoms with Gasteiger partial charge in [-0.05, 0) is 0 Å². The summed E-state index contributed by atoms with van der Waals surface area (Å²) >= 11 is 0. The normalized spacial score (nSPS) is 18.5. The minimum Gasteiger partial charge on any atom is -0.354 e. The van der Waals surface area contributed by atoms with E-state index < -0.39 is 12.2 Å². The van der Waals surface area contributed by atoms with Gasteiger partial charge in [0.1, 0.15) is 0 Å². The molecule has 0 bridgehead atoms. The molecule has 0 spiro atoms. The summed E-state index contributed by atoms with van der Waals surface area (Å²) in [6, 6.07) is 7.29. The average molecular weight is 243 g/mol. The van der Waals surface area contributed by atoms with Crippen LogP contribution in [0.5, 0.6) is 0 Å². The third-order valence-corrected chi connectivity index (χ3v) is 2.47. The third-order valence-electron chi connectivity index (χ3n) is 2.47. The van der Waals surface area contributed by atoms with Gasteiger partial charge < -0.3 is 10.6 Å². The highest BCUT2D eigenvalue weighted by atomic mass is 19.3. The number of hydrogen-bond donors (Lipinski definition) is 2. The number of alkyl halides is 3. The van der Waals surface area contributed by atoms with Crippen LogP contribution in [0.3, 0.4) is 0 Å². The predicted octanol–water partition coefficient (Wildman–Crippen LogP) is 1.62. The molecule has 0 aliphatic carbocycles. The van der Waals surface area contributed by atoms with E-state index in [4.69, 9.17) is 0 Å². The highest BCUT2D eigenvalue weighted by Crippen LogP contribution is 2.30. The van der Waals surface area contributed by atoms with Crippen LogP contribution in [0, 0.1) is 0 Å². The fourth-order valence-corrected chi connectivity index (χ4v) is 1.59. The van der Waals surface area contributed by atoms with Crippen molar-refractivity contribution in [2.24, 2.45) is 4.99 Å². The van der Waals surface area contributed by atoms with E-state index >= 15 is 0 Å². The number of hydrogen-bond acceptors (Lipinski definition) is 3. The van der Waals surface area contributed by atoms with Crippen molar-refractivity contribution in [3.8, 4) is 0 Å². The Labute approximate surface area is 96.7 Å². The molecule has 2 N–H and O–H groups in total. The summed E-state index contributed by atoms with van der Waals surface area (Å²) in [6.45, 7) is 0.979. The van der Waals surface area contributed by atoms with E-state index in [1.807, 2.05) is 0 Å². The molecule has 0 aromatic heterocycles. The maximum Gasteiger partial charge on any atom is 0.294 e. The van der Waals surface area contributed by atoms with Crippen LogP contribution in [0.15, 0.2) is 35.3 Å². The van der Waals surface area contributed by atoms with E-state index in [0.717, 1.165) is 0 Å². The summed E-state index contributed by atoms with van der Waals surface area (Å²) in [5, 5.41) is 4.83. The van der Waals surface area contributed by atoms with Crippen LogP contribution in [0.1, 0.15) is 5.56 Å². The minimum atomic E-state index is -3.19. The van der Waals surface area contributed by atoms with Crippen molar-refractivity contribution in [1.82, 2.24) is 10.6 Å². The van der Waals surface area contributed by atoms with E-state index in [-0.39, 0.29) is 11.5 Å². The monoisotopic (exact) mass is 243 g/mol. The zero-order valence-corrected chi connectivity index (χ0v) is 8.96. The van der Waals surface area contributed by atoms with Crippen molar-refractivity contribution in [2.45, 2.75) is 12.2 Å². The molecule has 0 saturated carbocycles. The number of nitrogens with zero attached hydrogens (tertiary/aromatic N) is 1. The van der Waals surface area contributed by atoms with E-state index in [1.54, 1.807) is 6.07 Å². The van der Waals surface area contributed by atoms with Crippen LogP contribution < -0.4 is 10.6 Å². The molecule has 1 atom stereocenters. The molecule has 6 heteroatoms. The fraction of sp³-hybridized carbons (Fsp3) is 0.364. The number of benzene rings is 1. The van der Waals surface area contributed by atoms with Gasteiger partial charge in [0.25, 0.3) is 12.2 Å². The van der Waals surface area contributed by atoms with Gasteiger partial charge in [-0.15, -0.1) is 0 Å². The standard InChI is InChI=1S/C11H12F3N3/c12-9(13)11(14,8-4-2-1-3-5-8)17-10-15-6-7-16-10/h1-5,9H,6-7H2,(H2,15,16,17). The molecule has 92 valence electrons. The number of nitrogens with one attached hydrogen (secondary N) is 2. The first-order chi connectivity index (χ1) is 8.13. The molecular weight excluding hydrogens is 231 g/mol. The molecule has 0 saturated heterocycles. The Hall–Kier alpha value is -1.72. The first-order valence-corrected chi connectivity index (χ1v) is 5.22. The molecular formula is C11H12F3N3. The zero-order valence-electron chi connectivity index (χ0n) is 8.96. The van der Waals surface area contributed by atoms with E-state index in [0.29, 0.717) is 13.1 Å². The lowest BCUT2D eigenvalue weighted by molar-refractivity contribution is -0.0507. The molecule has 0 fully saturated rings. The van der Waals surface area contributed by atoms with Gasteiger partial charge in [0.05, 0.1) is 6.54 Å². The summed E-state index contributed by atoms with van der Waals surface area (Å²) in [5.41, 5.74) is -0.119. The molecule has 17 heavy (non-hydrogen) atoms. The quantitative estimate of drug-likeness (QED) is 0.791. The van der Waals surface area contributed by atoms with Crippen molar-refractivity contribution >= 4 is 5.96 Å². The van der Waals surface area contributed by atoms with Crippen molar-refractivity contribution in [1.29, 1.82) is 0 Å². The Morgan fingerprint density at radius 1 is 1.29 bits per heavy atom. The Balaban J connectivity index is 2.26. The molecule has 1 aromatic rings. The second-order valence-corrected chi connectivity index (χ2v) is 3.66. The summed E-state index contributed by atoms with van der Waals surface area (Å²) in [6.07, 6.45) is -3.19. The average Bonchev–Trinajstić information content (AvgIpc) is 2.82. The maximum absolute atomic E-state index is 14.3. The molecule has 1 aromatic carbocycles. The second-order valence-electron chi connectivity index (χ2n) is 3.66. The molecule has 1 heterocycles. The highest BCUT2D eigenvalue weighted by Gasteiger charge is 2.43. The topological polar surface area (TPSA) is 36.4 Å². The Morgan fingerprint density at radius 3 is 2.53 bits per heavy atom. The Morgan fingerprint density at radius 2 is 2.00 bits per heavy atom. The molecule has 1 unspecified atom stereocenters. The molecule has 2 rings (SSSR count). The van der Waals surface area contributed by atoms with Gasteiger partial charge in [0, 0.05) is 12.1 Å². The van der Waals surface area contributed by atoms with Crippen LogP contribution in [0.25, 0.3) is 0 Å². The fourth-order valence-electron chi connectivity index (χ4n) is 1.59. The number of aliphatic imine (C=N–C) groups is 1. The zero-order chi connectivity index (χ0) is 12.3. The van der Waals surface area contributed by atoms with Crippen molar-refractivity contribution in [3.05, 3.63) is 35.9 Å². The second kappa shape index (κ2) is 4.65. The molecule has 3 nitrogen and oxygen atoms in total. The van der Waals surface area contributed by atoms with E-state index in [1.165, 1.54) is 24.3 Å². The maximum atomic E-state index is 14.3. The third kappa shape index (κ3) is 2.35. The van der Waals surface area contributed by atoms with E-state index in [9.17, 15) is 13.2 Å². The Kier molecular flexibility index (Phi) is 3.21. The lowest BCUT2D eigenvalue weighted by Gasteiger charge is -2.26. The molecule has 1 aliphatic heterocycles. The van der Waals surface area contributed by atoms with Crippen LogP contribution in [-0.4, -0.2) is 25.5 Å². The highest BCUT2D eigenvalue weighted by molar-refractivity contribution is 5.82. The van der Waals surface area contributed by atoms with Gasteiger partial charge in [-0.25, -0.2) is 13.2 Å². The van der Waals surface area contributed by atoms with Crippen LogP contribution >= 0.6 is 0 Å². The van der Waals surface area contributed by atoms with Crippen molar-refractivity contribution in [2.75, 3.05) is 13.1 Å². The number of rotatable bonds is 3. The van der Waals surface area contributed by atoms with Gasteiger partial charge in [0.2, 0.25) is 0 Å². The summed E-state index contributed by atoms with van der Waals surface area (Å²) in [5.74, 6) is -2.85. The van der Waals surface area contributed by atoms with Crippen LogP contribution in [-0.2, 0) is 5.79 Å². The minimum absolute atomic E-state index is 0.0663. The lowest BCUT2D eigenvalue weighted by Crippen LogP contribution is -2.51. The van der Waals surface area contributed by atoms with Crippen LogP contribution in [0.4, 0.5) is 13.2 Å². The largest absolute Gasteiger partial charge is 0.354 e. The molecule has 0 radical (unpaired) electrons. The van der Waals surface area contributed by atoms with Gasteiger partial charge in [-0.3, -0.25) is 4.99 Å². The predicted molar refractivity (Wildman–Crippen MR) is 58.7 cm³/mol.